The van der Waals surface area contributed by atoms with Gasteiger partial charge in [0.15, 0.2) is 5.96 Å². The molecule has 1 saturated heterocycles. The van der Waals surface area contributed by atoms with Crippen LogP contribution < -0.4 is 10.6 Å². The van der Waals surface area contributed by atoms with Crippen molar-refractivity contribution in [1.29, 1.82) is 0 Å². The molecule has 1 saturated carbocycles. The Morgan fingerprint density at radius 2 is 1.86 bits per heavy atom. The van der Waals surface area contributed by atoms with Gasteiger partial charge in [-0.1, -0.05) is 6.92 Å². The normalized spacial score (nSPS) is 25.6. The summed E-state index contributed by atoms with van der Waals surface area (Å²) in [5, 5.41) is 6.71. The van der Waals surface area contributed by atoms with E-state index < -0.39 is 5.60 Å². The Bertz CT molecular complexity index is 402. The SMILES string of the molecule is CN=C(NC1CN(C(=O)OC(C)(C)C)C1)NC1CC1C.I. The van der Waals surface area contributed by atoms with Crippen molar-refractivity contribution in [2.45, 2.75) is 51.8 Å². The van der Waals surface area contributed by atoms with E-state index in [0.717, 1.165) is 11.9 Å². The number of carbonyl (C=O) groups is 1. The van der Waals surface area contributed by atoms with Gasteiger partial charge in [0.25, 0.3) is 0 Å². The third kappa shape index (κ3) is 5.52. The summed E-state index contributed by atoms with van der Waals surface area (Å²) in [6.07, 6.45) is 0.962. The van der Waals surface area contributed by atoms with Gasteiger partial charge in [-0.25, -0.2) is 4.79 Å². The van der Waals surface area contributed by atoms with Gasteiger partial charge in [0.05, 0.1) is 6.04 Å². The molecule has 2 fully saturated rings. The number of halogens is 1. The van der Waals surface area contributed by atoms with Gasteiger partial charge < -0.3 is 20.3 Å². The zero-order valence-corrected chi connectivity index (χ0v) is 15.8. The second kappa shape index (κ2) is 7.02. The van der Waals surface area contributed by atoms with Crippen molar-refractivity contribution in [2.75, 3.05) is 20.1 Å². The molecule has 2 aliphatic rings. The topological polar surface area (TPSA) is 66.0 Å². The molecule has 1 amide bonds. The number of nitrogens with one attached hydrogen (secondary N) is 2. The van der Waals surface area contributed by atoms with E-state index in [1.165, 1.54) is 6.42 Å². The van der Waals surface area contributed by atoms with E-state index in [1.807, 2.05) is 20.8 Å². The summed E-state index contributed by atoms with van der Waals surface area (Å²) in [5.41, 5.74) is -0.435. The van der Waals surface area contributed by atoms with Gasteiger partial charge in [0.2, 0.25) is 0 Å². The van der Waals surface area contributed by atoms with Gasteiger partial charge in [0, 0.05) is 26.2 Å². The number of aliphatic imine (C=N–C) groups is 1. The van der Waals surface area contributed by atoms with Crippen LogP contribution in [0.25, 0.3) is 0 Å². The fraction of sp³-hybridized carbons (Fsp3) is 0.857. The molecular weight excluding hydrogens is 383 g/mol. The van der Waals surface area contributed by atoms with Gasteiger partial charge in [-0.05, 0) is 33.1 Å². The maximum absolute atomic E-state index is 11.8. The summed E-state index contributed by atoms with van der Waals surface area (Å²) in [6, 6.07) is 0.797. The molecule has 2 unspecified atom stereocenters. The minimum Gasteiger partial charge on any atom is -0.444 e. The number of ether oxygens (including phenoxy) is 1. The highest BCUT2D eigenvalue weighted by Gasteiger charge is 2.36. The molecule has 6 nitrogen and oxygen atoms in total. The first kappa shape index (κ1) is 18.3. The van der Waals surface area contributed by atoms with Crippen LogP contribution in [0.4, 0.5) is 4.79 Å². The first-order valence-electron chi connectivity index (χ1n) is 7.26. The molecule has 0 radical (unpaired) electrons. The number of nitrogens with zero attached hydrogens (tertiary/aromatic N) is 2. The van der Waals surface area contributed by atoms with Gasteiger partial charge in [-0.2, -0.15) is 0 Å². The monoisotopic (exact) mass is 410 g/mol. The minimum absolute atomic E-state index is 0. The molecule has 0 aromatic carbocycles. The summed E-state index contributed by atoms with van der Waals surface area (Å²) in [7, 11) is 1.77. The van der Waals surface area contributed by atoms with Crippen molar-refractivity contribution >= 4 is 36.0 Å². The van der Waals surface area contributed by atoms with Crippen LogP contribution in [0.2, 0.25) is 0 Å². The second-order valence-electron chi connectivity index (χ2n) is 6.76. The van der Waals surface area contributed by atoms with Gasteiger partial charge in [-0.3, -0.25) is 4.99 Å². The molecule has 0 spiro atoms. The van der Waals surface area contributed by atoms with E-state index >= 15 is 0 Å². The molecule has 7 heteroatoms. The van der Waals surface area contributed by atoms with Crippen LogP contribution in [0.3, 0.4) is 0 Å². The first-order valence-corrected chi connectivity index (χ1v) is 7.26. The Morgan fingerprint density at radius 1 is 1.29 bits per heavy atom. The standard InChI is InChI=1S/C14H26N4O2.HI/c1-9-6-11(9)17-12(15-5)16-10-7-18(8-10)13(19)20-14(2,3)4;/h9-11H,6-8H2,1-5H3,(H2,15,16,17);1H. The second-order valence-corrected chi connectivity index (χ2v) is 6.76. The number of guanidine groups is 1. The first-order chi connectivity index (χ1) is 9.28. The van der Waals surface area contributed by atoms with Crippen molar-refractivity contribution in [3.05, 3.63) is 0 Å². The molecule has 1 aliphatic heterocycles. The number of carbonyl (C=O) groups excluding carboxylic acids is 1. The Labute approximate surface area is 144 Å². The Balaban J connectivity index is 0.00000220. The third-order valence-electron chi connectivity index (χ3n) is 3.53. The van der Waals surface area contributed by atoms with Crippen LogP contribution in [0.1, 0.15) is 34.1 Å². The quantitative estimate of drug-likeness (QED) is 0.414. The predicted octanol–water partition coefficient (Wildman–Crippen LogP) is 1.80. The Hall–Kier alpha value is -0.730. The highest BCUT2D eigenvalue weighted by atomic mass is 127. The fourth-order valence-corrected chi connectivity index (χ4v) is 2.11. The molecule has 0 aromatic heterocycles. The average molecular weight is 410 g/mol. The lowest BCUT2D eigenvalue weighted by Crippen LogP contribution is -2.63. The number of hydrogen-bond acceptors (Lipinski definition) is 3. The molecule has 0 aromatic rings. The Kier molecular flexibility index (Phi) is 6.12. The molecule has 2 rings (SSSR count). The lowest BCUT2D eigenvalue weighted by atomic mass is 10.1. The maximum Gasteiger partial charge on any atom is 0.410 e. The van der Waals surface area contributed by atoms with Crippen LogP contribution in [0, 0.1) is 5.92 Å². The van der Waals surface area contributed by atoms with Gasteiger partial charge >= 0.3 is 6.09 Å². The molecule has 1 aliphatic carbocycles. The number of hydrogen-bond donors (Lipinski definition) is 2. The summed E-state index contributed by atoms with van der Waals surface area (Å²) in [5.74, 6) is 1.56. The summed E-state index contributed by atoms with van der Waals surface area (Å²) in [6.45, 7) is 9.18. The third-order valence-corrected chi connectivity index (χ3v) is 3.53. The summed E-state index contributed by atoms with van der Waals surface area (Å²) < 4.78 is 5.32. The Morgan fingerprint density at radius 3 is 2.29 bits per heavy atom. The zero-order chi connectivity index (χ0) is 14.9. The van der Waals surface area contributed by atoms with Crippen LogP contribution in [-0.4, -0.2) is 54.8 Å². The van der Waals surface area contributed by atoms with E-state index in [1.54, 1.807) is 11.9 Å². The minimum atomic E-state index is -0.435. The smallest absolute Gasteiger partial charge is 0.410 e. The van der Waals surface area contributed by atoms with Crippen molar-refractivity contribution in [3.63, 3.8) is 0 Å². The fourth-order valence-electron chi connectivity index (χ4n) is 2.11. The lowest BCUT2D eigenvalue weighted by molar-refractivity contribution is 0.00700. The molecule has 21 heavy (non-hydrogen) atoms. The van der Waals surface area contributed by atoms with Crippen molar-refractivity contribution < 1.29 is 9.53 Å². The molecule has 122 valence electrons. The van der Waals surface area contributed by atoms with E-state index in [4.69, 9.17) is 4.74 Å². The van der Waals surface area contributed by atoms with Crippen LogP contribution in [0.5, 0.6) is 0 Å². The molecule has 2 N–H and O–H groups in total. The van der Waals surface area contributed by atoms with Crippen LogP contribution in [-0.2, 0) is 4.74 Å². The summed E-state index contributed by atoms with van der Waals surface area (Å²) in [4.78, 5) is 17.7. The van der Waals surface area contributed by atoms with E-state index in [2.05, 4.69) is 22.5 Å². The van der Waals surface area contributed by atoms with Gasteiger partial charge in [0.1, 0.15) is 5.60 Å². The van der Waals surface area contributed by atoms with Crippen molar-refractivity contribution in [1.82, 2.24) is 15.5 Å². The lowest BCUT2D eigenvalue weighted by Gasteiger charge is -2.40. The number of amides is 1. The average Bonchev–Trinajstić information content (AvgIpc) is 2.94. The zero-order valence-electron chi connectivity index (χ0n) is 13.5. The van der Waals surface area contributed by atoms with E-state index in [0.29, 0.717) is 19.1 Å². The molecular formula is C14H27IN4O2. The summed E-state index contributed by atoms with van der Waals surface area (Å²) >= 11 is 0. The highest BCUT2D eigenvalue weighted by Crippen LogP contribution is 2.28. The number of likely N-dealkylation sites (tertiary alicyclic amines) is 1. The van der Waals surface area contributed by atoms with Gasteiger partial charge in [-0.15, -0.1) is 24.0 Å². The van der Waals surface area contributed by atoms with Crippen molar-refractivity contribution in [3.8, 4) is 0 Å². The largest absolute Gasteiger partial charge is 0.444 e. The molecule has 2 atom stereocenters. The van der Waals surface area contributed by atoms with E-state index in [9.17, 15) is 4.79 Å². The number of rotatable bonds is 2. The molecule has 1 heterocycles. The van der Waals surface area contributed by atoms with Crippen LogP contribution in [0.15, 0.2) is 4.99 Å². The molecule has 0 bridgehead atoms. The van der Waals surface area contributed by atoms with Crippen LogP contribution >= 0.6 is 24.0 Å². The van der Waals surface area contributed by atoms with Crippen molar-refractivity contribution in [2.24, 2.45) is 10.9 Å². The van der Waals surface area contributed by atoms with E-state index in [-0.39, 0.29) is 36.1 Å². The predicted molar refractivity (Wildman–Crippen MR) is 94.2 cm³/mol. The maximum atomic E-state index is 11.8. The highest BCUT2D eigenvalue weighted by molar-refractivity contribution is 14.0.